The molecule has 0 amide bonds. The maximum atomic E-state index is 3.16. The van der Waals surface area contributed by atoms with Crippen molar-refractivity contribution in [2.75, 3.05) is 0 Å². The molecule has 0 heterocycles. The summed E-state index contributed by atoms with van der Waals surface area (Å²) in [5.74, 6) is 0. The molecule has 0 aromatic heterocycles. The van der Waals surface area contributed by atoms with Gasteiger partial charge in [-0.05, 0) is 33.1 Å². The Morgan fingerprint density at radius 3 is 1.40 bits per heavy atom. The molecule has 7 rings (SSSR count). The monoisotopic (exact) mass is 808 g/mol. The van der Waals surface area contributed by atoms with Crippen LogP contribution in [-0.2, 0) is 35.1 Å². The van der Waals surface area contributed by atoms with Gasteiger partial charge < -0.3 is 24.8 Å². The molecule has 0 saturated carbocycles. The molecule has 0 aliphatic heterocycles. The summed E-state index contributed by atoms with van der Waals surface area (Å²) in [5.41, 5.74) is 13.7. The number of halogens is 2. The molecule has 276 valence electrons. The van der Waals surface area contributed by atoms with Gasteiger partial charge in [-0.15, -0.1) is 46.2 Å². The van der Waals surface area contributed by atoms with Crippen LogP contribution in [-0.4, -0.2) is 3.21 Å². The quantitative estimate of drug-likeness (QED) is 0.171. The predicted octanol–water partition coefficient (Wildman–Crippen LogP) is 7.97. The smallest absolute Gasteiger partial charge is 1.00 e. The summed E-state index contributed by atoms with van der Waals surface area (Å²) in [7, 11) is 0. The summed E-state index contributed by atoms with van der Waals surface area (Å²) in [6.45, 7) is 34.4. The van der Waals surface area contributed by atoms with Crippen molar-refractivity contribution in [1.82, 2.24) is 0 Å². The van der Waals surface area contributed by atoms with Crippen molar-refractivity contribution in [3.05, 3.63) is 124 Å². The third-order valence-electron chi connectivity index (χ3n) is 10.6. The Bertz CT molecular complexity index is 1980. The zero-order valence-electron chi connectivity index (χ0n) is 34.5. The number of rotatable bonds is 1. The molecule has 0 spiro atoms. The van der Waals surface area contributed by atoms with Crippen LogP contribution in [0.1, 0.15) is 137 Å². The van der Waals surface area contributed by atoms with E-state index in [2.05, 4.69) is 189 Å². The summed E-state index contributed by atoms with van der Waals surface area (Å²) < 4.78 is 1.46. The molecule has 3 aliphatic rings. The molecule has 0 radical (unpaired) electrons. The Morgan fingerprint density at radius 2 is 1.10 bits per heavy atom. The largest absolute Gasteiger partial charge is 1.00 e. The van der Waals surface area contributed by atoms with Gasteiger partial charge in [0.25, 0.3) is 0 Å². The number of aryl methyl sites for hydroxylation is 1. The normalized spacial score (nSPS) is 16.7. The molecule has 4 aromatic rings. The Balaban J connectivity index is 0.000000285. The molecule has 0 saturated heterocycles. The second-order valence-electron chi connectivity index (χ2n) is 19.1. The van der Waals surface area contributed by atoms with Gasteiger partial charge in [0, 0.05) is 10.8 Å². The van der Waals surface area contributed by atoms with Crippen molar-refractivity contribution in [3.8, 4) is 0 Å². The van der Waals surface area contributed by atoms with E-state index < -0.39 is 0 Å². The summed E-state index contributed by atoms with van der Waals surface area (Å²) in [5, 5.41) is 5.58. The molecule has 0 bridgehead atoms. The molecule has 0 atom stereocenters. The Labute approximate surface area is 343 Å². The van der Waals surface area contributed by atoms with Crippen LogP contribution < -0.4 is 24.8 Å². The minimum atomic E-state index is 0. The van der Waals surface area contributed by atoms with Crippen molar-refractivity contribution in [1.29, 1.82) is 0 Å². The topological polar surface area (TPSA) is 0 Å². The second-order valence-corrected chi connectivity index (χ2v) is 21.0. The summed E-state index contributed by atoms with van der Waals surface area (Å²) >= 11 is 1.51. The van der Waals surface area contributed by atoms with Gasteiger partial charge in [-0.25, -0.2) is 6.08 Å². The number of fused-ring (bicyclic) bond motifs is 5. The van der Waals surface area contributed by atoms with Crippen LogP contribution in [0.3, 0.4) is 0 Å². The standard InChI is InChI=1S/C31H37.C9H13.C9H10.2ClH.Zr/c1-28(2,3)26-16-30(7,8)24-12-18-11-19-13-25-23(15-21(19)20(18)14-22(24)26)27(29(4,5)6)17-31(25,9)10;1-9(2,3)8-6-4-5-7-8;1-3-9-6-4-8(2)5-7-9;;;/h11-17H,1-10H3;6-7H,4H2,1-3H3;4-7H,1-2H3;2*1H;/q2*-1;;;;+2/p-2. The van der Waals surface area contributed by atoms with Gasteiger partial charge in [-0.1, -0.05) is 131 Å². The SMILES string of the molecule is CC(C)(C)C1=CC(C)(C)c2cc3[cH-]c4cc5c(cc4c3cc21)C(C(C)(C)C)=CC5(C)C.CC(C)(C)C1=CC[C-]=C1.C[C](=[Zr+2])c1ccc(C)cc1.[Cl-].[Cl-]. The van der Waals surface area contributed by atoms with Gasteiger partial charge in [0.1, 0.15) is 0 Å². The van der Waals surface area contributed by atoms with Crippen LogP contribution in [0.15, 0.2) is 84.5 Å². The van der Waals surface area contributed by atoms with E-state index in [1.807, 2.05) is 0 Å². The number of hydrogen-bond donors (Lipinski definition) is 0. The molecule has 0 unspecified atom stereocenters. The van der Waals surface area contributed by atoms with E-state index in [4.69, 9.17) is 0 Å². The molecule has 52 heavy (non-hydrogen) atoms. The van der Waals surface area contributed by atoms with Crippen molar-refractivity contribution in [2.24, 2.45) is 16.2 Å². The maximum absolute atomic E-state index is 3.16. The molecular weight excluding hydrogens is 751 g/mol. The Morgan fingerprint density at radius 1 is 0.673 bits per heavy atom. The number of allylic oxidation sites excluding steroid dienone is 8. The molecule has 0 nitrogen and oxygen atoms in total. The summed E-state index contributed by atoms with van der Waals surface area (Å²) in [6.07, 6.45) is 13.5. The van der Waals surface area contributed by atoms with E-state index in [0.717, 1.165) is 6.42 Å². The summed E-state index contributed by atoms with van der Waals surface area (Å²) in [6, 6.07) is 21.0. The zero-order valence-corrected chi connectivity index (χ0v) is 38.4. The molecule has 3 heteroatoms. The third kappa shape index (κ3) is 9.19. The molecule has 0 N–H and O–H groups in total. The second kappa shape index (κ2) is 15.5. The number of benzene rings is 3. The first-order valence-corrected chi connectivity index (χ1v) is 19.7. The van der Waals surface area contributed by atoms with E-state index in [1.165, 1.54) is 99.1 Å². The van der Waals surface area contributed by atoms with Crippen LogP contribution in [0.4, 0.5) is 0 Å². The van der Waals surface area contributed by atoms with Crippen molar-refractivity contribution >= 4 is 35.9 Å². The third-order valence-corrected chi connectivity index (χ3v) is 11.3. The predicted molar refractivity (Wildman–Crippen MR) is 219 cm³/mol. The van der Waals surface area contributed by atoms with Gasteiger partial charge in [-0.3, -0.25) is 6.08 Å². The average molecular weight is 811 g/mol. The van der Waals surface area contributed by atoms with Crippen molar-refractivity contribution in [2.45, 2.75) is 121 Å². The first-order chi connectivity index (χ1) is 22.9. The van der Waals surface area contributed by atoms with Crippen LogP contribution >= 0.6 is 0 Å². The first kappa shape index (κ1) is 44.2. The van der Waals surface area contributed by atoms with Gasteiger partial charge in [0.05, 0.1) is 0 Å². The van der Waals surface area contributed by atoms with E-state index in [9.17, 15) is 0 Å². The van der Waals surface area contributed by atoms with Crippen LogP contribution in [0.5, 0.6) is 0 Å². The summed E-state index contributed by atoms with van der Waals surface area (Å²) in [4.78, 5) is 0. The van der Waals surface area contributed by atoms with Crippen LogP contribution in [0.25, 0.3) is 32.7 Å². The van der Waals surface area contributed by atoms with Crippen molar-refractivity contribution < 1.29 is 49.0 Å². The Kier molecular flexibility index (Phi) is 13.2. The van der Waals surface area contributed by atoms with Crippen molar-refractivity contribution in [3.63, 3.8) is 0 Å². The van der Waals surface area contributed by atoms with Gasteiger partial charge in [-0.2, -0.15) is 11.6 Å². The minimum absolute atomic E-state index is 0. The maximum Gasteiger partial charge on any atom is -1.00 e. The minimum Gasteiger partial charge on any atom is -1.00 e. The molecule has 3 aliphatic carbocycles. The fraction of sp³-hybridized carbons (Fsp3) is 0.429. The van der Waals surface area contributed by atoms with Gasteiger partial charge >= 0.3 is 76.7 Å². The van der Waals surface area contributed by atoms with Crippen LogP contribution in [0.2, 0.25) is 0 Å². The molecular formula is C49H60Cl2Zr-2. The van der Waals surface area contributed by atoms with E-state index in [0.29, 0.717) is 5.41 Å². The van der Waals surface area contributed by atoms with E-state index in [-0.39, 0.29) is 46.5 Å². The number of hydrogen-bond acceptors (Lipinski definition) is 0. The first-order valence-electron chi connectivity index (χ1n) is 18.5. The Hall–Kier alpha value is -2.18. The van der Waals surface area contributed by atoms with Gasteiger partial charge in [0.2, 0.25) is 0 Å². The average Bonchev–Trinajstić information content (AvgIpc) is 3.75. The molecule has 4 aromatic carbocycles. The fourth-order valence-corrected chi connectivity index (χ4v) is 8.02. The fourth-order valence-electron chi connectivity index (χ4n) is 7.61. The van der Waals surface area contributed by atoms with Gasteiger partial charge in [0.15, 0.2) is 0 Å². The van der Waals surface area contributed by atoms with E-state index >= 15 is 0 Å². The molecule has 0 fully saturated rings. The van der Waals surface area contributed by atoms with Crippen LogP contribution in [0, 0.1) is 29.2 Å². The zero-order chi connectivity index (χ0) is 37.2. The van der Waals surface area contributed by atoms with E-state index in [1.54, 1.807) is 0 Å².